The highest BCUT2D eigenvalue weighted by Crippen LogP contribution is 2.17. The van der Waals surface area contributed by atoms with Crippen LogP contribution in [-0.2, 0) is 0 Å². The highest BCUT2D eigenvalue weighted by Gasteiger charge is 2.17. The number of carboxylic acid groups (broad SMARTS) is 1. The van der Waals surface area contributed by atoms with Gasteiger partial charge in [0.15, 0.2) is 0 Å². The van der Waals surface area contributed by atoms with Gasteiger partial charge in [-0.3, -0.25) is 4.57 Å². The predicted molar refractivity (Wildman–Crippen MR) is 37.4 cm³/mol. The Morgan fingerprint density at radius 3 is 2.62 bits per heavy atom. The zero-order valence-corrected chi connectivity index (χ0v) is 6.24. The molecule has 4 nitrogen and oxygen atoms in total. The first-order chi connectivity index (χ1) is 6.06. The minimum absolute atomic E-state index is 0.0994. The van der Waals surface area contributed by atoms with E-state index in [1.807, 2.05) is 0 Å². The van der Waals surface area contributed by atoms with Crippen molar-refractivity contribution in [3.63, 3.8) is 0 Å². The van der Waals surface area contributed by atoms with Gasteiger partial charge in [-0.2, -0.15) is 14.0 Å². The lowest BCUT2D eigenvalue weighted by Gasteiger charge is -2.02. The normalized spacial score (nSPS) is 10.0. The van der Waals surface area contributed by atoms with Crippen molar-refractivity contribution in [1.82, 2.24) is 4.57 Å². The van der Waals surface area contributed by atoms with Crippen molar-refractivity contribution in [1.29, 1.82) is 5.26 Å². The van der Waals surface area contributed by atoms with Gasteiger partial charge in [-0.15, -0.1) is 0 Å². The van der Waals surface area contributed by atoms with Crippen LogP contribution in [0.3, 0.4) is 0 Å². The smallest absolute Gasteiger partial charge is 0.352 e. The van der Waals surface area contributed by atoms with Gasteiger partial charge in [0, 0.05) is 6.20 Å². The quantitative estimate of drug-likeness (QED) is 0.760. The fourth-order valence-electron chi connectivity index (χ4n) is 0.873. The number of nitrogens with zero attached hydrogens (tertiary/aromatic N) is 2. The molecule has 6 heteroatoms. The minimum atomic E-state index is -2.95. The summed E-state index contributed by atoms with van der Waals surface area (Å²) in [5, 5.41) is 16.8. The number of aromatic nitrogens is 1. The van der Waals surface area contributed by atoms with Crippen LogP contribution in [0.4, 0.5) is 8.78 Å². The molecule has 0 aromatic carbocycles. The van der Waals surface area contributed by atoms with Crippen LogP contribution >= 0.6 is 0 Å². The highest BCUT2D eigenvalue weighted by molar-refractivity contribution is 5.86. The van der Waals surface area contributed by atoms with Gasteiger partial charge in [0.05, 0.1) is 5.56 Å². The number of hydrogen-bond acceptors (Lipinski definition) is 2. The van der Waals surface area contributed by atoms with Crippen molar-refractivity contribution < 1.29 is 18.7 Å². The average Bonchev–Trinajstić information content (AvgIpc) is 2.47. The first-order valence-corrected chi connectivity index (χ1v) is 3.19. The van der Waals surface area contributed by atoms with Crippen LogP contribution in [0.1, 0.15) is 22.6 Å². The Morgan fingerprint density at radius 2 is 2.31 bits per heavy atom. The van der Waals surface area contributed by atoms with Crippen molar-refractivity contribution in [2.24, 2.45) is 0 Å². The van der Waals surface area contributed by atoms with E-state index in [1.165, 1.54) is 0 Å². The lowest BCUT2D eigenvalue weighted by molar-refractivity contribution is 0.0528. The van der Waals surface area contributed by atoms with E-state index in [-0.39, 0.29) is 10.1 Å². The maximum absolute atomic E-state index is 12.1. The summed E-state index contributed by atoms with van der Waals surface area (Å²) in [5.41, 5.74) is -0.691. The summed E-state index contributed by atoms with van der Waals surface area (Å²) >= 11 is 0. The molecule has 1 aromatic heterocycles. The summed E-state index contributed by atoms with van der Waals surface area (Å²) in [6.45, 7) is -2.95. The molecular weight excluding hydrogens is 182 g/mol. The molecule has 0 radical (unpaired) electrons. The van der Waals surface area contributed by atoms with E-state index in [0.717, 1.165) is 12.3 Å². The Hall–Kier alpha value is -1.90. The Bertz CT molecular complexity index is 378. The standard InChI is InChI=1S/C7H4F2N2O2/c8-7(9)11-3-4(2-10)1-5(11)6(12)13/h1,3,7H,(H,12,13). The van der Waals surface area contributed by atoms with Crippen LogP contribution in [0, 0.1) is 11.3 Å². The zero-order valence-electron chi connectivity index (χ0n) is 6.24. The van der Waals surface area contributed by atoms with E-state index >= 15 is 0 Å². The molecule has 0 aliphatic carbocycles. The predicted octanol–water partition coefficient (Wildman–Crippen LogP) is 1.45. The summed E-state index contributed by atoms with van der Waals surface area (Å²) in [5.74, 6) is -1.48. The number of carbonyl (C=O) groups is 1. The van der Waals surface area contributed by atoms with Gasteiger partial charge in [-0.1, -0.05) is 0 Å². The molecule has 0 aliphatic rings. The van der Waals surface area contributed by atoms with Gasteiger partial charge < -0.3 is 5.11 Å². The summed E-state index contributed by atoms with van der Waals surface area (Å²) in [4.78, 5) is 10.4. The van der Waals surface area contributed by atoms with Crippen LogP contribution in [-0.4, -0.2) is 15.6 Å². The van der Waals surface area contributed by atoms with Crippen LogP contribution in [0.2, 0.25) is 0 Å². The second kappa shape index (κ2) is 3.23. The first kappa shape index (κ1) is 9.19. The van der Waals surface area contributed by atoms with Crippen LogP contribution in [0.25, 0.3) is 0 Å². The Morgan fingerprint density at radius 1 is 1.69 bits per heavy atom. The molecule has 0 saturated carbocycles. The van der Waals surface area contributed by atoms with Crippen LogP contribution in [0.15, 0.2) is 12.3 Å². The summed E-state index contributed by atoms with van der Waals surface area (Å²) < 4.78 is 24.5. The number of alkyl halides is 2. The van der Waals surface area contributed by atoms with Crippen LogP contribution < -0.4 is 0 Å². The maximum Gasteiger partial charge on any atom is 0.352 e. The SMILES string of the molecule is N#Cc1cc(C(=O)O)n(C(F)F)c1. The zero-order chi connectivity index (χ0) is 10.0. The number of rotatable bonds is 2. The Kier molecular flexibility index (Phi) is 2.28. The lowest BCUT2D eigenvalue weighted by Crippen LogP contribution is -2.07. The number of carboxylic acids is 1. The molecule has 0 amide bonds. The van der Waals surface area contributed by atoms with Gasteiger partial charge >= 0.3 is 12.5 Å². The van der Waals surface area contributed by atoms with E-state index in [2.05, 4.69) is 0 Å². The third-order valence-electron chi connectivity index (χ3n) is 1.41. The minimum Gasteiger partial charge on any atom is -0.477 e. The van der Waals surface area contributed by atoms with E-state index in [1.54, 1.807) is 6.07 Å². The molecule has 68 valence electrons. The van der Waals surface area contributed by atoms with E-state index in [0.29, 0.717) is 0 Å². The largest absolute Gasteiger partial charge is 0.477 e. The molecule has 0 unspecified atom stereocenters. The molecular formula is C7H4F2N2O2. The lowest BCUT2D eigenvalue weighted by atomic mass is 10.3. The third-order valence-corrected chi connectivity index (χ3v) is 1.41. The van der Waals surface area contributed by atoms with Crippen molar-refractivity contribution >= 4 is 5.97 Å². The van der Waals surface area contributed by atoms with Crippen molar-refractivity contribution in [3.8, 4) is 6.07 Å². The number of hydrogen-bond donors (Lipinski definition) is 1. The van der Waals surface area contributed by atoms with Gasteiger partial charge in [0.25, 0.3) is 0 Å². The van der Waals surface area contributed by atoms with E-state index < -0.39 is 18.2 Å². The van der Waals surface area contributed by atoms with E-state index in [4.69, 9.17) is 10.4 Å². The van der Waals surface area contributed by atoms with Gasteiger partial charge in [0.2, 0.25) is 0 Å². The van der Waals surface area contributed by atoms with Crippen molar-refractivity contribution in [2.45, 2.75) is 6.55 Å². The fourth-order valence-corrected chi connectivity index (χ4v) is 0.873. The average molecular weight is 186 g/mol. The maximum atomic E-state index is 12.1. The molecule has 13 heavy (non-hydrogen) atoms. The molecule has 1 N–H and O–H groups in total. The monoisotopic (exact) mass is 186 g/mol. The molecule has 1 rings (SSSR count). The second-order valence-corrected chi connectivity index (χ2v) is 2.22. The molecule has 0 saturated heterocycles. The van der Waals surface area contributed by atoms with E-state index in [9.17, 15) is 13.6 Å². The summed E-state index contributed by atoms with van der Waals surface area (Å²) in [6.07, 6.45) is 0.800. The number of nitriles is 1. The first-order valence-electron chi connectivity index (χ1n) is 3.19. The third kappa shape index (κ3) is 1.64. The molecule has 0 fully saturated rings. The molecule has 1 aromatic rings. The topological polar surface area (TPSA) is 66.0 Å². The fraction of sp³-hybridized carbons (Fsp3) is 0.143. The number of halogens is 2. The molecule has 0 spiro atoms. The molecule has 0 bridgehead atoms. The summed E-state index contributed by atoms with van der Waals surface area (Å²) in [6, 6.07) is 2.48. The van der Waals surface area contributed by atoms with Gasteiger partial charge in [-0.05, 0) is 6.07 Å². The highest BCUT2D eigenvalue weighted by atomic mass is 19.3. The Labute approximate surface area is 71.6 Å². The Balaban J connectivity index is 3.25. The molecule has 0 atom stereocenters. The second-order valence-electron chi connectivity index (χ2n) is 2.22. The number of aromatic carboxylic acids is 1. The van der Waals surface area contributed by atoms with Crippen molar-refractivity contribution in [2.75, 3.05) is 0 Å². The molecule has 0 aliphatic heterocycles. The van der Waals surface area contributed by atoms with Crippen molar-refractivity contribution in [3.05, 3.63) is 23.5 Å². The van der Waals surface area contributed by atoms with Crippen LogP contribution in [0.5, 0.6) is 0 Å². The summed E-state index contributed by atoms with van der Waals surface area (Å²) in [7, 11) is 0. The van der Waals surface area contributed by atoms with Gasteiger partial charge in [0.1, 0.15) is 11.8 Å². The molecule has 1 heterocycles. The van der Waals surface area contributed by atoms with Gasteiger partial charge in [-0.25, -0.2) is 4.79 Å².